The maximum atomic E-state index is 13.6. The van der Waals surface area contributed by atoms with E-state index in [1.54, 1.807) is 18.2 Å². The number of sulfonamides is 2. The standard InChI is InChI=1S/C28H24Cl3N3O5S2/c1-18-3-9-23(15-19(18)2)34(41(38,39)25-10-4-20(29)5-11-25)17-28(35)32-22-7-12-24(13-8-22)40(36,37)33-27-14-6-21(30)16-26(27)31/h3-16,33H,17H2,1-2H3,(H,32,35). The fraction of sp³-hybridized carbons (Fsp3) is 0.107. The Balaban J connectivity index is 1.55. The third-order valence-corrected chi connectivity index (χ3v) is 10.1. The molecule has 4 rings (SSSR count). The zero-order valence-corrected chi connectivity index (χ0v) is 25.6. The zero-order chi connectivity index (χ0) is 29.9. The summed E-state index contributed by atoms with van der Waals surface area (Å²) in [5, 5.41) is 3.49. The molecule has 214 valence electrons. The van der Waals surface area contributed by atoms with E-state index in [1.165, 1.54) is 66.7 Å². The van der Waals surface area contributed by atoms with Gasteiger partial charge in [-0.1, -0.05) is 40.9 Å². The van der Waals surface area contributed by atoms with Crippen molar-refractivity contribution in [3.8, 4) is 0 Å². The van der Waals surface area contributed by atoms with E-state index in [1.807, 2.05) is 13.8 Å². The minimum absolute atomic E-state index is 0.0317. The number of hydrogen-bond acceptors (Lipinski definition) is 5. The van der Waals surface area contributed by atoms with Crippen LogP contribution >= 0.6 is 34.8 Å². The van der Waals surface area contributed by atoms with Crippen molar-refractivity contribution in [2.24, 2.45) is 0 Å². The molecular weight excluding hydrogens is 629 g/mol. The number of rotatable bonds is 9. The smallest absolute Gasteiger partial charge is 0.264 e. The Labute approximate surface area is 254 Å². The summed E-state index contributed by atoms with van der Waals surface area (Å²) in [7, 11) is -8.14. The van der Waals surface area contributed by atoms with Gasteiger partial charge in [0.25, 0.3) is 20.0 Å². The second-order valence-corrected chi connectivity index (χ2v) is 13.9. The molecule has 0 aromatic heterocycles. The number of hydrogen-bond donors (Lipinski definition) is 2. The highest BCUT2D eigenvalue weighted by Gasteiger charge is 2.28. The van der Waals surface area contributed by atoms with Gasteiger partial charge in [0.15, 0.2) is 0 Å². The second-order valence-electron chi connectivity index (χ2n) is 9.04. The molecule has 0 aliphatic rings. The van der Waals surface area contributed by atoms with Gasteiger partial charge < -0.3 is 5.32 Å². The minimum atomic E-state index is -4.14. The van der Waals surface area contributed by atoms with Crippen LogP contribution in [-0.2, 0) is 24.8 Å². The van der Waals surface area contributed by atoms with Crippen molar-refractivity contribution >= 4 is 77.8 Å². The number of aryl methyl sites for hydroxylation is 2. The van der Waals surface area contributed by atoms with Gasteiger partial charge >= 0.3 is 0 Å². The monoisotopic (exact) mass is 651 g/mol. The highest BCUT2D eigenvalue weighted by atomic mass is 35.5. The summed E-state index contributed by atoms with van der Waals surface area (Å²) < 4.78 is 56.2. The Morgan fingerprint density at radius 2 is 1.34 bits per heavy atom. The van der Waals surface area contributed by atoms with Crippen LogP contribution in [0.2, 0.25) is 15.1 Å². The minimum Gasteiger partial charge on any atom is -0.325 e. The van der Waals surface area contributed by atoms with Crippen LogP contribution in [0.15, 0.2) is 94.7 Å². The van der Waals surface area contributed by atoms with Crippen LogP contribution in [-0.4, -0.2) is 29.3 Å². The van der Waals surface area contributed by atoms with E-state index in [4.69, 9.17) is 34.8 Å². The Morgan fingerprint density at radius 3 is 1.95 bits per heavy atom. The average molecular weight is 653 g/mol. The van der Waals surface area contributed by atoms with E-state index in [0.29, 0.717) is 15.7 Å². The van der Waals surface area contributed by atoms with Gasteiger partial charge in [-0.15, -0.1) is 0 Å². The molecule has 0 aliphatic carbocycles. The molecule has 4 aromatic rings. The summed E-state index contributed by atoms with van der Waals surface area (Å²) in [4.78, 5) is 13.0. The summed E-state index contributed by atoms with van der Waals surface area (Å²) in [6.07, 6.45) is 0. The number of benzene rings is 4. The van der Waals surface area contributed by atoms with E-state index in [9.17, 15) is 21.6 Å². The third kappa shape index (κ3) is 7.33. The highest BCUT2D eigenvalue weighted by Crippen LogP contribution is 2.29. The second kappa shape index (κ2) is 12.3. The van der Waals surface area contributed by atoms with Crippen molar-refractivity contribution in [1.82, 2.24) is 0 Å². The van der Waals surface area contributed by atoms with Crippen LogP contribution in [0.25, 0.3) is 0 Å². The van der Waals surface area contributed by atoms with Crippen molar-refractivity contribution in [1.29, 1.82) is 0 Å². The number of amides is 1. The largest absolute Gasteiger partial charge is 0.325 e. The molecule has 13 heteroatoms. The highest BCUT2D eigenvalue weighted by molar-refractivity contribution is 7.93. The molecule has 0 unspecified atom stereocenters. The molecule has 1 amide bonds. The van der Waals surface area contributed by atoms with Crippen molar-refractivity contribution in [3.63, 3.8) is 0 Å². The van der Waals surface area contributed by atoms with Crippen molar-refractivity contribution < 1.29 is 21.6 Å². The van der Waals surface area contributed by atoms with Gasteiger partial charge in [-0.05, 0) is 104 Å². The average Bonchev–Trinajstić information content (AvgIpc) is 2.91. The summed E-state index contributed by atoms with van der Waals surface area (Å²) >= 11 is 17.9. The van der Waals surface area contributed by atoms with Gasteiger partial charge in [-0.2, -0.15) is 0 Å². The molecule has 0 atom stereocenters. The van der Waals surface area contributed by atoms with Gasteiger partial charge in [0.05, 0.1) is 26.2 Å². The number of nitrogens with zero attached hydrogens (tertiary/aromatic N) is 1. The Kier molecular flexibility index (Phi) is 9.20. The lowest BCUT2D eigenvalue weighted by Gasteiger charge is -2.25. The molecule has 0 fully saturated rings. The number of carbonyl (C=O) groups is 1. The number of carbonyl (C=O) groups excluding carboxylic acids is 1. The molecule has 8 nitrogen and oxygen atoms in total. The van der Waals surface area contributed by atoms with Gasteiger partial charge in [0, 0.05) is 15.7 Å². The van der Waals surface area contributed by atoms with Crippen molar-refractivity contribution in [2.45, 2.75) is 23.6 Å². The van der Waals surface area contributed by atoms with E-state index in [0.717, 1.165) is 15.4 Å². The van der Waals surface area contributed by atoms with Crippen LogP contribution in [0, 0.1) is 13.8 Å². The molecule has 2 N–H and O–H groups in total. The first-order chi connectivity index (χ1) is 19.3. The lowest BCUT2D eigenvalue weighted by Crippen LogP contribution is -2.38. The van der Waals surface area contributed by atoms with Crippen LogP contribution in [0.5, 0.6) is 0 Å². The SMILES string of the molecule is Cc1ccc(N(CC(=O)Nc2ccc(S(=O)(=O)Nc3ccc(Cl)cc3Cl)cc2)S(=O)(=O)c2ccc(Cl)cc2)cc1C. The number of nitrogens with one attached hydrogen (secondary N) is 2. The first-order valence-electron chi connectivity index (χ1n) is 12.0. The molecule has 0 bridgehead atoms. The lowest BCUT2D eigenvalue weighted by atomic mass is 10.1. The van der Waals surface area contributed by atoms with Crippen LogP contribution in [0.3, 0.4) is 0 Å². The van der Waals surface area contributed by atoms with Gasteiger partial charge in [-0.25, -0.2) is 16.8 Å². The summed E-state index contributed by atoms with van der Waals surface area (Å²) in [6.45, 7) is 3.20. The molecule has 0 heterocycles. The molecule has 0 aliphatic heterocycles. The fourth-order valence-corrected chi connectivity index (χ4v) is 6.88. The first-order valence-corrected chi connectivity index (χ1v) is 16.1. The Bertz CT molecular complexity index is 1810. The molecule has 0 spiro atoms. The fourth-order valence-electron chi connectivity index (χ4n) is 3.75. The summed E-state index contributed by atoms with van der Waals surface area (Å²) in [5.41, 5.74) is 2.55. The zero-order valence-electron chi connectivity index (χ0n) is 21.7. The van der Waals surface area contributed by atoms with Gasteiger partial charge in [-0.3, -0.25) is 13.8 Å². The normalized spacial score (nSPS) is 11.6. The topological polar surface area (TPSA) is 113 Å². The first kappa shape index (κ1) is 30.7. The van der Waals surface area contributed by atoms with E-state index < -0.39 is 32.5 Å². The molecule has 0 saturated heterocycles. The molecular formula is C28H24Cl3N3O5S2. The number of anilines is 3. The molecule has 0 radical (unpaired) electrons. The van der Waals surface area contributed by atoms with Crippen LogP contribution < -0.4 is 14.3 Å². The van der Waals surface area contributed by atoms with E-state index in [2.05, 4.69) is 10.0 Å². The third-order valence-electron chi connectivity index (χ3n) is 6.09. The lowest BCUT2D eigenvalue weighted by molar-refractivity contribution is -0.114. The quantitative estimate of drug-likeness (QED) is 0.204. The van der Waals surface area contributed by atoms with Crippen LogP contribution in [0.4, 0.5) is 17.1 Å². The predicted octanol–water partition coefficient (Wildman–Crippen LogP) is 6.90. The Hall–Kier alpha value is -3.28. The Morgan fingerprint density at radius 1 is 0.732 bits per heavy atom. The maximum absolute atomic E-state index is 13.6. The van der Waals surface area contributed by atoms with Crippen molar-refractivity contribution in [2.75, 3.05) is 20.9 Å². The maximum Gasteiger partial charge on any atom is 0.264 e. The summed E-state index contributed by atoms with van der Waals surface area (Å²) in [6, 6.07) is 20.5. The molecule has 0 saturated carbocycles. The van der Waals surface area contributed by atoms with Crippen molar-refractivity contribution in [3.05, 3.63) is 111 Å². The summed E-state index contributed by atoms with van der Waals surface area (Å²) in [5.74, 6) is -0.637. The van der Waals surface area contributed by atoms with E-state index in [-0.39, 0.29) is 26.2 Å². The van der Waals surface area contributed by atoms with Gasteiger partial charge in [0.1, 0.15) is 6.54 Å². The van der Waals surface area contributed by atoms with Gasteiger partial charge in [0.2, 0.25) is 5.91 Å². The molecule has 4 aromatic carbocycles. The number of halogens is 3. The van der Waals surface area contributed by atoms with Crippen LogP contribution in [0.1, 0.15) is 11.1 Å². The van der Waals surface area contributed by atoms with E-state index >= 15 is 0 Å². The predicted molar refractivity (Wildman–Crippen MR) is 164 cm³/mol. The molecule has 41 heavy (non-hydrogen) atoms.